The van der Waals surface area contributed by atoms with Gasteiger partial charge in [0.1, 0.15) is 23.8 Å². The highest BCUT2D eigenvalue weighted by atomic mass is 19.1. The molecule has 1 heterocycles. The van der Waals surface area contributed by atoms with Crippen LogP contribution in [0.4, 0.5) is 13.6 Å². The van der Waals surface area contributed by atoms with Gasteiger partial charge in [-0.25, -0.2) is 18.4 Å². The number of halogens is 2. The number of esters is 1. The summed E-state index contributed by atoms with van der Waals surface area (Å²) in [6.07, 6.45) is -0.186. The predicted octanol–water partition coefficient (Wildman–Crippen LogP) is 4.56. The second-order valence-electron chi connectivity index (χ2n) is 8.54. The molecular weight excluding hydrogens is 436 g/mol. The van der Waals surface area contributed by atoms with Crippen LogP contribution in [0.1, 0.15) is 43.5 Å². The number of ether oxygens (including phenoxy) is 4. The van der Waals surface area contributed by atoms with Crippen molar-refractivity contribution in [2.45, 2.75) is 45.4 Å². The van der Waals surface area contributed by atoms with Crippen LogP contribution in [0.15, 0.2) is 30.3 Å². The second kappa shape index (κ2) is 9.64. The fourth-order valence-corrected chi connectivity index (χ4v) is 3.60. The molecule has 0 aromatic heterocycles. The zero-order chi connectivity index (χ0) is 24.3. The standard InChI is InChI=1S/C24H27F2NO6/c1-24(2,3)33-23(29)27-11-10-14-12-15(6-7-16(14)21(27)22(28)31-5)32-13-17-18(25)8-9-19(30-4)20(17)26/h6-9,12,21H,10-11,13H2,1-5H3/t21-/m1/s1. The average molecular weight is 463 g/mol. The van der Waals surface area contributed by atoms with Crippen LogP contribution in [0.25, 0.3) is 0 Å². The number of amides is 1. The van der Waals surface area contributed by atoms with Gasteiger partial charge in [-0.1, -0.05) is 6.07 Å². The second-order valence-corrected chi connectivity index (χ2v) is 8.54. The Morgan fingerprint density at radius 3 is 2.48 bits per heavy atom. The van der Waals surface area contributed by atoms with Crippen LogP contribution in [-0.4, -0.2) is 43.3 Å². The molecular formula is C24H27F2NO6. The van der Waals surface area contributed by atoms with E-state index in [0.717, 1.165) is 11.6 Å². The first-order valence-electron chi connectivity index (χ1n) is 10.4. The van der Waals surface area contributed by atoms with Gasteiger partial charge in [0.05, 0.1) is 19.8 Å². The molecule has 0 aliphatic carbocycles. The number of hydrogen-bond donors (Lipinski definition) is 0. The minimum absolute atomic E-state index is 0.0800. The molecule has 1 atom stereocenters. The van der Waals surface area contributed by atoms with Crippen LogP contribution in [0.3, 0.4) is 0 Å². The van der Waals surface area contributed by atoms with E-state index in [9.17, 15) is 18.4 Å². The molecule has 2 aromatic rings. The maximum atomic E-state index is 14.4. The van der Waals surface area contributed by atoms with Crippen LogP contribution in [0.5, 0.6) is 11.5 Å². The molecule has 2 aromatic carbocycles. The largest absolute Gasteiger partial charge is 0.494 e. The monoisotopic (exact) mass is 463 g/mol. The van der Waals surface area contributed by atoms with Gasteiger partial charge in [0, 0.05) is 6.54 Å². The maximum absolute atomic E-state index is 14.4. The summed E-state index contributed by atoms with van der Waals surface area (Å²) in [5.41, 5.74) is 0.357. The lowest BCUT2D eigenvalue weighted by Gasteiger charge is -2.36. The number of fused-ring (bicyclic) bond motifs is 1. The third-order valence-electron chi connectivity index (χ3n) is 5.15. The van der Waals surface area contributed by atoms with E-state index in [1.54, 1.807) is 39.0 Å². The number of benzene rings is 2. The Kier molecular flexibility index (Phi) is 7.09. The molecule has 0 saturated heterocycles. The molecule has 0 unspecified atom stereocenters. The van der Waals surface area contributed by atoms with Crippen LogP contribution in [0.2, 0.25) is 0 Å². The molecule has 0 N–H and O–H groups in total. The molecule has 1 aliphatic heterocycles. The van der Waals surface area contributed by atoms with E-state index in [0.29, 0.717) is 17.7 Å². The van der Waals surface area contributed by atoms with Gasteiger partial charge in [-0.2, -0.15) is 0 Å². The Morgan fingerprint density at radius 2 is 1.85 bits per heavy atom. The molecule has 1 aliphatic rings. The summed E-state index contributed by atoms with van der Waals surface area (Å²) in [4.78, 5) is 26.6. The molecule has 0 radical (unpaired) electrons. The molecule has 0 spiro atoms. The number of hydrogen-bond acceptors (Lipinski definition) is 6. The van der Waals surface area contributed by atoms with E-state index < -0.39 is 35.3 Å². The topological polar surface area (TPSA) is 74.3 Å². The summed E-state index contributed by atoms with van der Waals surface area (Å²) < 4.78 is 49.3. The van der Waals surface area contributed by atoms with Gasteiger partial charge in [-0.15, -0.1) is 0 Å². The van der Waals surface area contributed by atoms with Crippen molar-refractivity contribution in [3.8, 4) is 11.5 Å². The summed E-state index contributed by atoms with van der Waals surface area (Å²) in [7, 11) is 2.54. The predicted molar refractivity (Wildman–Crippen MR) is 115 cm³/mol. The lowest BCUT2D eigenvalue weighted by molar-refractivity contribution is -0.147. The van der Waals surface area contributed by atoms with Crippen molar-refractivity contribution in [1.82, 2.24) is 4.90 Å². The first kappa shape index (κ1) is 24.3. The van der Waals surface area contributed by atoms with E-state index in [-0.39, 0.29) is 24.5 Å². The number of rotatable bonds is 5. The highest BCUT2D eigenvalue weighted by Crippen LogP contribution is 2.34. The molecule has 1 amide bonds. The third kappa shape index (κ3) is 5.35. The van der Waals surface area contributed by atoms with E-state index in [2.05, 4.69) is 0 Å². The molecule has 178 valence electrons. The van der Waals surface area contributed by atoms with E-state index in [1.165, 1.54) is 25.2 Å². The quantitative estimate of drug-likeness (QED) is 0.606. The Labute approximate surface area is 191 Å². The van der Waals surface area contributed by atoms with Gasteiger partial charge < -0.3 is 18.9 Å². The summed E-state index contributed by atoms with van der Waals surface area (Å²) in [6, 6.07) is 6.24. The van der Waals surface area contributed by atoms with Crippen LogP contribution >= 0.6 is 0 Å². The number of nitrogens with zero attached hydrogens (tertiary/aromatic N) is 1. The zero-order valence-corrected chi connectivity index (χ0v) is 19.2. The molecule has 7 nitrogen and oxygen atoms in total. The highest BCUT2D eigenvalue weighted by molar-refractivity contribution is 5.84. The minimum Gasteiger partial charge on any atom is -0.494 e. The third-order valence-corrected chi connectivity index (χ3v) is 5.15. The fourth-order valence-electron chi connectivity index (χ4n) is 3.60. The summed E-state index contributed by atoms with van der Waals surface area (Å²) in [5, 5.41) is 0. The SMILES string of the molecule is COC(=O)[C@H]1c2ccc(OCc3c(F)ccc(OC)c3F)cc2CCN1C(=O)OC(C)(C)C. The summed E-state index contributed by atoms with van der Waals surface area (Å²) in [5.74, 6) is -1.89. The van der Waals surface area contributed by atoms with Crippen molar-refractivity contribution in [2.75, 3.05) is 20.8 Å². The highest BCUT2D eigenvalue weighted by Gasteiger charge is 2.39. The lowest BCUT2D eigenvalue weighted by Crippen LogP contribution is -2.46. The van der Waals surface area contributed by atoms with Crippen molar-refractivity contribution in [2.24, 2.45) is 0 Å². The van der Waals surface area contributed by atoms with E-state index >= 15 is 0 Å². The summed E-state index contributed by atoms with van der Waals surface area (Å²) in [6.45, 7) is 5.11. The van der Waals surface area contributed by atoms with Crippen molar-refractivity contribution in [3.63, 3.8) is 0 Å². The number of carbonyl (C=O) groups excluding carboxylic acids is 2. The fraction of sp³-hybridized carbons (Fsp3) is 0.417. The van der Waals surface area contributed by atoms with E-state index in [4.69, 9.17) is 18.9 Å². The zero-order valence-electron chi connectivity index (χ0n) is 19.2. The van der Waals surface area contributed by atoms with Crippen molar-refractivity contribution < 1.29 is 37.3 Å². The van der Waals surface area contributed by atoms with E-state index in [1.807, 2.05) is 0 Å². The first-order chi connectivity index (χ1) is 15.6. The van der Waals surface area contributed by atoms with Crippen LogP contribution in [-0.2, 0) is 27.3 Å². The Balaban J connectivity index is 1.84. The van der Waals surface area contributed by atoms with Gasteiger partial charge in [0.25, 0.3) is 0 Å². The van der Waals surface area contributed by atoms with Gasteiger partial charge in [0.2, 0.25) is 0 Å². The van der Waals surface area contributed by atoms with Crippen LogP contribution in [0, 0.1) is 11.6 Å². The minimum atomic E-state index is -0.976. The Hall–Kier alpha value is -3.36. The molecule has 0 bridgehead atoms. The molecule has 9 heteroatoms. The number of methoxy groups -OCH3 is 2. The van der Waals surface area contributed by atoms with Gasteiger partial charge in [-0.05, 0) is 62.6 Å². The van der Waals surface area contributed by atoms with Crippen molar-refractivity contribution in [1.29, 1.82) is 0 Å². The summed E-state index contributed by atoms with van der Waals surface area (Å²) >= 11 is 0. The smallest absolute Gasteiger partial charge is 0.411 e. The van der Waals surface area contributed by atoms with Crippen molar-refractivity contribution in [3.05, 3.63) is 58.7 Å². The lowest BCUT2D eigenvalue weighted by atomic mass is 9.92. The average Bonchev–Trinajstić information content (AvgIpc) is 2.76. The van der Waals surface area contributed by atoms with Crippen molar-refractivity contribution >= 4 is 12.1 Å². The molecule has 0 fully saturated rings. The molecule has 0 saturated carbocycles. The van der Waals surface area contributed by atoms with Crippen LogP contribution < -0.4 is 9.47 Å². The Bertz CT molecular complexity index is 1050. The number of carbonyl (C=O) groups is 2. The molecule has 3 rings (SSSR count). The Morgan fingerprint density at radius 1 is 1.12 bits per heavy atom. The normalized spacial score (nSPS) is 15.5. The first-order valence-corrected chi connectivity index (χ1v) is 10.4. The van der Waals surface area contributed by atoms with Gasteiger partial charge in [-0.3, -0.25) is 4.90 Å². The maximum Gasteiger partial charge on any atom is 0.411 e. The molecule has 33 heavy (non-hydrogen) atoms. The van der Waals surface area contributed by atoms with Gasteiger partial charge >= 0.3 is 12.1 Å². The van der Waals surface area contributed by atoms with Gasteiger partial charge in [0.15, 0.2) is 17.6 Å².